The Hall–Kier alpha value is -1.76. The SMILES string of the molecule is CNCC(=O)Nc1ccc(F)cc1OC(F)F. The number of rotatable bonds is 5. The minimum absolute atomic E-state index is 0.00545. The molecule has 0 fully saturated rings. The van der Waals surface area contributed by atoms with Gasteiger partial charge in [-0.05, 0) is 19.2 Å². The lowest BCUT2D eigenvalue weighted by Gasteiger charge is -2.11. The molecule has 0 atom stereocenters. The Morgan fingerprint density at radius 1 is 1.47 bits per heavy atom. The zero-order valence-electron chi connectivity index (χ0n) is 8.97. The minimum Gasteiger partial charge on any atom is -0.432 e. The zero-order chi connectivity index (χ0) is 12.8. The Morgan fingerprint density at radius 2 is 2.18 bits per heavy atom. The molecule has 0 radical (unpaired) electrons. The molecule has 0 saturated heterocycles. The number of hydrogen-bond acceptors (Lipinski definition) is 3. The molecule has 0 aliphatic heterocycles. The number of carbonyl (C=O) groups excluding carboxylic acids is 1. The first-order valence-corrected chi connectivity index (χ1v) is 4.71. The number of alkyl halides is 2. The third-order valence-corrected chi connectivity index (χ3v) is 1.77. The van der Waals surface area contributed by atoms with Crippen molar-refractivity contribution in [2.75, 3.05) is 18.9 Å². The molecule has 0 aliphatic carbocycles. The summed E-state index contributed by atoms with van der Waals surface area (Å²) < 4.78 is 41.0. The van der Waals surface area contributed by atoms with Gasteiger partial charge < -0.3 is 15.4 Å². The third-order valence-electron chi connectivity index (χ3n) is 1.77. The summed E-state index contributed by atoms with van der Waals surface area (Å²) in [6.07, 6.45) is 0. The van der Waals surface area contributed by atoms with Crippen LogP contribution in [0.15, 0.2) is 18.2 Å². The van der Waals surface area contributed by atoms with Crippen LogP contribution in [0.2, 0.25) is 0 Å². The summed E-state index contributed by atoms with van der Waals surface area (Å²) >= 11 is 0. The van der Waals surface area contributed by atoms with Crippen LogP contribution >= 0.6 is 0 Å². The van der Waals surface area contributed by atoms with Crippen molar-refractivity contribution in [1.82, 2.24) is 5.32 Å². The van der Waals surface area contributed by atoms with Crippen LogP contribution in [0, 0.1) is 5.82 Å². The van der Waals surface area contributed by atoms with E-state index in [1.807, 2.05) is 0 Å². The molecule has 7 heteroatoms. The number of hydrogen-bond donors (Lipinski definition) is 2. The van der Waals surface area contributed by atoms with E-state index in [0.29, 0.717) is 0 Å². The molecule has 17 heavy (non-hydrogen) atoms. The predicted molar refractivity (Wildman–Crippen MR) is 55.6 cm³/mol. The molecule has 0 saturated carbocycles. The molecule has 1 rings (SSSR count). The van der Waals surface area contributed by atoms with Gasteiger partial charge in [-0.1, -0.05) is 0 Å². The average molecular weight is 248 g/mol. The Kier molecular flexibility index (Phi) is 4.77. The third kappa shape index (κ3) is 4.31. The first kappa shape index (κ1) is 13.3. The Bertz CT molecular complexity index is 399. The van der Waals surface area contributed by atoms with Gasteiger partial charge in [-0.2, -0.15) is 8.78 Å². The van der Waals surface area contributed by atoms with Crippen LogP contribution < -0.4 is 15.4 Å². The zero-order valence-corrected chi connectivity index (χ0v) is 8.97. The summed E-state index contributed by atoms with van der Waals surface area (Å²) in [5.74, 6) is -1.59. The van der Waals surface area contributed by atoms with Crippen LogP contribution in [-0.2, 0) is 4.79 Å². The van der Waals surface area contributed by atoms with Crippen molar-refractivity contribution < 1.29 is 22.7 Å². The van der Waals surface area contributed by atoms with Gasteiger partial charge in [0.05, 0.1) is 12.2 Å². The van der Waals surface area contributed by atoms with Gasteiger partial charge in [0, 0.05) is 6.07 Å². The van der Waals surface area contributed by atoms with Gasteiger partial charge in [-0.3, -0.25) is 4.79 Å². The summed E-state index contributed by atoms with van der Waals surface area (Å²) in [5, 5.41) is 4.90. The number of benzene rings is 1. The lowest BCUT2D eigenvalue weighted by Crippen LogP contribution is -2.25. The Morgan fingerprint density at radius 3 is 2.76 bits per heavy atom. The molecule has 2 N–H and O–H groups in total. The molecule has 94 valence electrons. The Labute approximate surface area is 95.8 Å². The van der Waals surface area contributed by atoms with Gasteiger partial charge in [0.2, 0.25) is 5.91 Å². The van der Waals surface area contributed by atoms with E-state index < -0.39 is 24.1 Å². The van der Waals surface area contributed by atoms with E-state index >= 15 is 0 Å². The van der Waals surface area contributed by atoms with Crippen molar-refractivity contribution >= 4 is 11.6 Å². The number of ether oxygens (including phenoxy) is 1. The van der Waals surface area contributed by atoms with Crippen molar-refractivity contribution in [3.63, 3.8) is 0 Å². The number of likely N-dealkylation sites (N-methyl/N-ethyl adjacent to an activating group) is 1. The van der Waals surface area contributed by atoms with E-state index in [1.165, 1.54) is 0 Å². The topological polar surface area (TPSA) is 50.4 Å². The van der Waals surface area contributed by atoms with Crippen LogP contribution in [0.5, 0.6) is 5.75 Å². The standard InChI is InChI=1S/C10H11F3N2O2/c1-14-5-9(16)15-7-3-2-6(11)4-8(7)17-10(12)13/h2-4,10,14H,5H2,1H3,(H,15,16). The van der Waals surface area contributed by atoms with E-state index in [-0.39, 0.29) is 12.2 Å². The summed E-state index contributed by atoms with van der Waals surface area (Å²) in [6, 6.07) is 2.97. The maximum absolute atomic E-state index is 12.8. The van der Waals surface area contributed by atoms with Crippen LogP contribution in [0.4, 0.5) is 18.9 Å². The number of nitrogens with one attached hydrogen (secondary N) is 2. The molecular formula is C10H11F3N2O2. The van der Waals surface area contributed by atoms with Crippen molar-refractivity contribution in [2.45, 2.75) is 6.61 Å². The summed E-state index contributed by atoms with van der Waals surface area (Å²) in [7, 11) is 1.56. The van der Waals surface area contributed by atoms with E-state index in [4.69, 9.17) is 0 Å². The maximum Gasteiger partial charge on any atom is 0.387 e. The van der Waals surface area contributed by atoms with Crippen LogP contribution in [0.1, 0.15) is 0 Å². The molecule has 0 aliphatic rings. The van der Waals surface area contributed by atoms with Gasteiger partial charge in [-0.25, -0.2) is 4.39 Å². The molecule has 1 amide bonds. The van der Waals surface area contributed by atoms with Gasteiger partial charge in [0.1, 0.15) is 5.82 Å². The molecule has 0 bridgehead atoms. The van der Waals surface area contributed by atoms with Crippen molar-refractivity contribution in [1.29, 1.82) is 0 Å². The number of amides is 1. The second-order valence-corrected chi connectivity index (χ2v) is 3.10. The van der Waals surface area contributed by atoms with Gasteiger partial charge in [0.25, 0.3) is 0 Å². The maximum atomic E-state index is 12.8. The average Bonchev–Trinajstić information content (AvgIpc) is 2.21. The molecule has 0 aromatic heterocycles. The van der Waals surface area contributed by atoms with Gasteiger partial charge >= 0.3 is 6.61 Å². The van der Waals surface area contributed by atoms with E-state index in [1.54, 1.807) is 7.05 Å². The quantitative estimate of drug-likeness (QED) is 0.831. The van der Waals surface area contributed by atoms with E-state index in [9.17, 15) is 18.0 Å². The summed E-state index contributed by atoms with van der Waals surface area (Å²) in [6.45, 7) is -3.08. The number of anilines is 1. The first-order chi connectivity index (χ1) is 8.02. The highest BCUT2D eigenvalue weighted by molar-refractivity contribution is 5.93. The fourth-order valence-electron chi connectivity index (χ4n) is 1.15. The predicted octanol–water partition coefficient (Wildman–Crippen LogP) is 1.58. The number of carbonyl (C=O) groups is 1. The molecule has 1 aromatic carbocycles. The molecule has 4 nitrogen and oxygen atoms in total. The van der Waals surface area contributed by atoms with E-state index in [2.05, 4.69) is 15.4 Å². The molecule has 0 spiro atoms. The molecule has 0 heterocycles. The van der Waals surface area contributed by atoms with E-state index in [0.717, 1.165) is 18.2 Å². The molecular weight excluding hydrogens is 237 g/mol. The highest BCUT2D eigenvalue weighted by atomic mass is 19.3. The first-order valence-electron chi connectivity index (χ1n) is 4.71. The van der Waals surface area contributed by atoms with Crippen LogP contribution in [-0.4, -0.2) is 26.1 Å². The largest absolute Gasteiger partial charge is 0.432 e. The van der Waals surface area contributed by atoms with Crippen molar-refractivity contribution in [2.24, 2.45) is 0 Å². The number of halogens is 3. The highest BCUT2D eigenvalue weighted by Gasteiger charge is 2.12. The van der Waals surface area contributed by atoms with Crippen LogP contribution in [0.3, 0.4) is 0 Å². The van der Waals surface area contributed by atoms with Gasteiger partial charge in [-0.15, -0.1) is 0 Å². The molecule has 1 aromatic rings. The summed E-state index contributed by atoms with van der Waals surface area (Å²) in [5.41, 5.74) is -0.00745. The lowest BCUT2D eigenvalue weighted by atomic mass is 10.3. The second-order valence-electron chi connectivity index (χ2n) is 3.10. The second kappa shape index (κ2) is 6.09. The normalized spacial score (nSPS) is 10.4. The Balaban J connectivity index is 2.86. The fraction of sp³-hybridized carbons (Fsp3) is 0.300. The highest BCUT2D eigenvalue weighted by Crippen LogP contribution is 2.26. The van der Waals surface area contributed by atoms with Gasteiger partial charge in [0.15, 0.2) is 5.75 Å². The van der Waals surface area contributed by atoms with Crippen molar-refractivity contribution in [3.8, 4) is 5.75 Å². The van der Waals surface area contributed by atoms with Crippen molar-refractivity contribution in [3.05, 3.63) is 24.0 Å². The molecule has 0 unspecified atom stereocenters. The fourth-order valence-corrected chi connectivity index (χ4v) is 1.15. The van der Waals surface area contributed by atoms with Crippen LogP contribution in [0.25, 0.3) is 0 Å². The lowest BCUT2D eigenvalue weighted by molar-refractivity contribution is -0.115. The minimum atomic E-state index is -3.09. The monoisotopic (exact) mass is 248 g/mol. The smallest absolute Gasteiger partial charge is 0.387 e. The summed E-state index contributed by atoms with van der Waals surface area (Å²) in [4.78, 5) is 11.2.